The van der Waals surface area contributed by atoms with E-state index >= 15 is 0 Å². The average molecular weight is 346 g/mol. The molecule has 4 aromatic rings. The van der Waals surface area contributed by atoms with Gasteiger partial charge in [-0.05, 0) is 48.7 Å². The monoisotopic (exact) mass is 346 g/mol. The topological polar surface area (TPSA) is 87.8 Å². The zero-order valence-corrected chi connectivity index (χ0v) is 14.4. The Balaban J connectivity index is 1.79. The van der Waals surface area contributed by atoms with Crippen molar-refractivity contribution in [2.45, 2.75) is 6.92 Å². The molecule has 0 spiro atoms. The summed E-state index contributed by atoms with van der Waals surface area (Å²) in [7, 11) is 1.66. The molecule has 4 rings (SSSR count). The second-order valence-corrected chi connectivity index (χ2v) is 5.87. The molecule has 0 aliphatic heterocycles. The molecule has 3 N–H and O–H groups in total. The first kappa shape index (κ1) is 15.9. The number of anilines is 4. The third-order valence-corrected chi connectivity index (χ3v) is 3.92. The van der Waals surface area contributed by atoms with Crippen LogP contribution in [0.4, 0.5) is 23.1 Å². The smallest absolute Gasteiger partial charge is 0.153 e. The zero-order valence-electron chi connectivity index (χ0n) is 14.4. The summed E-state index contributed by atoms with van der Waals surface area (Å²) in [6, 6.07) is 13.6. The van der Waals surface area contributed by atoms with Gasteiger partial charge in [-0.1, -0.05) is 0 Å². The number of methoxy groups -OCH3 is 1. The van der Waals surface area contributed by atoms with Crippen molar-refractivity contribution in [3.63, 3.8) is 0 Å². The Morgan fingerprint density at radius 3 is 2.69 bits per heavy atom. The number of benzene rings is 1. The van der Waals surface area contributed by atoms with E-state index in [0.717, 1.165) is 33.7 Å². The predicted octanol–water partition coefficient (Wildman–Crippen LogP) is 4.16. The van der Waals surface area contributed by atoms with E-state index in [1.807, 2.05) is 49.4 Å². The highest BCUT2D eigenvalue weighted by Crippen LogP contribution is 2.30. The predicted molar refractivity (Wildman–Crippen MR) is 102 cm³/mol. The fraction of sp³-hybridized carbons (Fsp3) is 0.105. The summed E-state index contributed by atoms with van der Waals surface area (Å²) < 4.78 is 5.35. The molecule has 0 aliphatic carbocycles. The second-order valence-electron chi connectivity index (χ2n) is 5.87. The van der Waals surface area contributed by atoms with Crippen LogP contribution in [0.1, 0.15) is 5.69 Å². The number of hydrogen-bond donors (Lipinski definition) is 3. The van der Waals surface area contributed by atoms with E-state index in [4.69, 9.17) is 9.72 Å². The van der Waals surface area contributed by atoms with Crippen LogP contribution in [-0.4, -0.2) is 27.3 Å². The number of hydrogen-bond acceptors (Lipinski definition) is 6. The van der Waals surface area contributed by atoms with Crippen molar-refractivity contribution in [3.8, 4) is 5.75 Å². The van der Waals surface area contributed by atoms with E-state index in [2.05, 4.69) is 25.8 Å². The van der Waals surface area contributed by atoms with Gasteiger partial charge in [0.1, 0.15) is 17.4 Å². The number of nitrogens with zero attached hydrogens (tertiary/aromatic N) is 3. The minimum atomic E-state index is 0.684. The number of H-pyrrole nitrogens is 1. The molecule has 3 aromatic heterocycles. The number of rotatable bonds is 5. The van der Waals surface area contributed by atoms with Gasteiger partial charge in [0, 0.05) is 23.3 Å². The highest BCUT2D eigenvalue weighted by Gasteiger charge is 2.09. The van der Waals surface area contributed by atoms with Crippen LogP contribution in [0.3, 0.4) is 0 Å². The fourth-order valence-corrected chi connectivity index (χ4v) is 2.71. The van der Waals surface area contributed by atoms with E-state index in [-0.39, 0.29) is 0 Å². The van der Waals surface area contributed by atoms with Gasteiger partial charge in [0.2, 0.25) is 0 Å². The fourth-order valence-electron chi connectivity index (χ4n) is 2.71. The van der Waals surface area contributed by atoms with Gasteiger partial charge in [0.15, 0.2) is 5.82 Å². The zero-order chi connectivity index (χ0) is 17.9. The molecule has 7 nitrogen and oxygen atoms in total. The van der Waals surface area contributed by atoms with Crippen molar-refractivity contribution in [2.75, 3.05) is 17.7 Å². The van der Waals surface area contributed by atoms with Gasteiger partial charge in [0.25, 0.3) is 0 Å². The molecule has 130 valence electrons. The number of nitrogens with one attached hydrogen (secondary N) is 3. The summed E-state index contributed by atoms with van der Waals surface area (Å²) in [5, 5.41) is 15.7. The number of aromatic nitrogens is 4. The quantitative estimate of drug-likeness (QED) is 0.503. The lowest BCUT2D eigenvalue weighted by Crippen LogP contribution is -2.00. The summed E-state index contributed by atoms with van der Waals surface area (Å²) in [4.78, 5) is 8.85. The third-order valence-electron chi connectivity index (χ3n) is 3.92. The van der Waals surface area contributed by atoms with Crippen molar-refractivity contribution in [1.82, 2.24) is 20.2 Å². The molecule has 7 heteroatoms. The maximum Gasteiger partial charge on any atom is 0.153 e. The molecule has 3 heterocycles. The summed E-state index contributed by atoms with van der Waals surface area (Å²) in [5.74, 6) is 2.92. The van der Waals surface area contributed by atoms with Crippen LogP contribution in [0.15, 0.2) is 54.9 Å². The summed E-state index contributed by atoms with van der Waals surface area (Å²) in [6.45, 7) is 1.95. The maximum absolute atomic E-state index is 5.35. The third kappa shape index (κ3) is 3.27. The number of pyridine rings is 2. The molecular formula is C19H18N6O. The van der Waals surface area contributed by atoms with Gasteiger partial charge < -0.3 is 15.4 Å². The molecule has 0 saturated carbocycles. The lowest BCUT2D eigenvalue weighted by molar-refractivity contribution is 0.415. The van der Waals surface area contributed by atoms with Gasteiger partial charge in [-0.2, -0.15) is 5.10 Å². The molecule has 0 saturated heterocycles. The summed E-state index contributed by atoms with van der Waals surface area (Å²) in [6.07, 6.45) is 3.49. The SMILES string of the molecule is COc1ccc2c(Nc3cccnc3)nc(Nc3cc(C)[nH]n3)cc2c1. The van der Waals surface area contributed by atoms with Crippen LogP contribution >= 0.6 is 0 Å². The Bertz CT molecular complexity index is 1040. The molecule has 26 heavy (non-hydrogen) atoms. The number of fused-ring (bicyclic) bond motifs is 1. The number of ether oxygens (including phenoxy) is 1. The minimum Gasteiger partial charge on any atom is -0.497 e. The van der Waals surface area contributed by atoms with Crippen LogP contribution in [0.25, 0.3) is 10.8 Å². The van der Waals surface area contributed by atoms with Gasteiger partial charge in [-0.15, -0.1) is 0 Å². The maximum atomic E-state index is 5.35. The first-order valence-corrected chi connectivity index (χ1v) is 8.16. The summed E-state index contributed by atoms with van der Waals surface area (Å²) in [5.41, 5.74) is 1.84. The molecular weight excluding hydrogens is 328 g/mol. The molecule has 0 fully saturated rings. The van der Waals surface area contributed by atoms with Gasteiger partial charge in [0.05, 0.1) is 19.0 Å². The van der Waals surface area contributed by atoms with Gasteiger partial charge >= 0.3 is 0 Å². The van der Waals surface area contributed by atoms with Crippen LogP contribution < -0.4 is 15.4 Å². The largest absolute Gasteiger partial charge is 0.497 e. The first-order valence-electron chi connectivity index (χ1n) is 8.16. The lowest BCUT2D eigenvalue weighted by atomic mass is 10.1. The lowest BCUT2D eigenvalue weighted by Gasteiger charge is -2.12. The Kier molecular flexibility index (Phi) is 4.10. The Labute approximate surface area is 150 Å². The van der Waals surface area contributed by atoms with Crippen LogP contribution in [0.5, 0.6) is 5.75 Å². The van der Waals surface area contributed by atoms with E-state index < -0.39 is 0 Å². The molecule has 1 aromatic carbocycles. The van der Waals surface area contributed by atoms with E-state index in [0.29, 0.717) is 11.6 Å². The molecule has 0 radical (unpaired) electrons. The van der Waals surface area contributed by atoms with Gasteiger partial charge in [-0.25, -0.2) is 4.98 Å². The second kappa shape index (κ2) is 6.72. The van der Waals surface area contributed by atoms with Crippen molar-refractivity contribution < 1.29 is 4.74 Å². The van der Waals surface area contributed by atoms with Crippen LogP contribution in [-0.2, 0) is 0 Å². The average Bonchev–Trinajstić information content (AvgIpc) is 3.06. The highest BCUT2D eigenvalue weighted by molar-refractivity contribution is 5.96. The van der Waals surface area contributed by atoms with Gasteiger partial charge in [-0.3, -0.25) is 10.1 Å². The van der Waals surface area contributed by atoms with Crippen molar-refractivity contribution >= 4 is 33.9 Å². The number of aromatic amines is 1. The van der Waals surface area contributed by atoms with E-state index in [9.17, 15) is 0 Å². The highest BCUT2D eigenvalue weighted by atomic mass is 16.5. The van der Waals surface area contributed by atoms with E-state index in [1.165, 1.54) is 0 Å². The number of aryl methyl sites for hydroxylation is 1. The molecule has 0 unspecified atom stereocenters. The van der Waals surface area contributed by atoms with Crippen molar-refractivity contribution in [2.24, 2.45) is 0 Å². The van der Waals surface area contributed by atoms with Crippen LogP contribution in [0.2, 0.25) is 0 Å². The van der Waals surface area contributed by atoms with Crippen molar-refractivity contribution in [1.29, 1.82) is 0 Å². The molecule has 0 bridgehead atoms. The first-order chi connectivity index (χ1) is 12.7. The Morgan fingerprint density at radius 2 is 1.96 bits per heavy atom. The van der Waals surface area contributed by atoms with Crippen molar-refractivity contribution in [3.05, 3.63) is 60.6 Å². The standard InChI is InChI=1S/C19H18N6O/c1-12-8-18(25-24-12)22-17-10-13-9-15(26-2)5-6-16(13)19(23-17)21-14-4-3-7-20-11-14/h3-11H,1-2H3,(H3,21,22,23,24,25). The molecule has 0 atom stereocenters. The van der Waals surface area contributed by atoms with E-state index in [1.54, 1.807) is 19.5 Å². The molecule has 0 aliphatic rings. The Morgan fingerprint density at radius 1 is 1.04 bits per heavy atom. The van der Waals surface area contributed by atoms with Crippen LogP contribution in [0, 0.1) is 6.92 Å². The Hall–Kier alpha value is -3.61. The normalized spacial score (nSPS) is 10.7. The molecule has 0 amide bonds. The summed E-state index contributed by atoms with van der Waals surface area (Å²) >= 11 is 0. The minimum absolute atomic E-state index is 0.684.